The average molecular weight is 761 g/mol. The zero-order valence-corrected chi connectivity index (χ0v) is 25.6. The first-order valence-corrected chi connectivity index (χ1v) is 12.6. The van der Waals surface area contributed by atoms with Crippen molar-refractivity contribution in [3.05, 3.63) is 102 Å². The molecule has 1 fully saturated rings. The molecule has 0 unspecified atom stereocenters. The largest absolute Gasteiger partial charge is 0.434 e. The molecule has 5 rings (SSSR count). The molecule has 0 atom stereocenters. The van der Waals surface area contributed by atoms with E-state index in [2.05, 4.69) is 60.5 Å². The monoisotopic (exact) mass is 759 g/mol. The number of nitrogens with two attached hydrogens (primary N) is 1. The molecule has 1 aliphatic rings. The third-order valence-electron chi connectivity index (χ3n) is 6.33. The first-order chi connectivity index (χ1) is 18.6. The molecule has 1 saturated heterocycles. The van der Waals surface area contributed by atoms with Gasteiger partial charge in [-0.1, -0.05) is 30.3 Å². The van der Waals surface area contributed by atoms with E-state index < -0.39 is 0 Å². The Labute approximate surface area is 255 Å². The number of hydrogen-bond donors (Lipinski definition) is 2. The summed E-state index contributed by atoms with van der Waals surface area (Å²) in [5, 5.41) is 12.8. The number of rotatable bonds is 8. The summed E-state index contributed by atoms with van der Waals surface area (Å²) in [4.78, 5) is 21.1. The maximum atomic E-state index is 9.01. The number of benzene rings is 1. The van der Waals surface area contributed by atoms with Crippen LogP contribution in [0.25, 0.3) is 0 Å². The van der Waals surface area contributed by atoms with E-state index in [1.165, 1.54) is 5.56 Å². The van der Waals surface area contributed by atoms with Crippen molar-refractivity contribution in [1.82, 2.24) is 24.8 Å². The molecular formula is C28H26ClN9Np-2. The van der Waals surface area contributed by atoms with Gasteiger partial charge in [-0.2, -0.15) is 17.4 Å². The zero-order valence-electron chi connectivity index (χ0n) is 21.1. The number of halogens is 1. The smallest absolute Gasteiger partial charge is 0.234 e. The van der Waals surface area contributed by atoms with Crippen molar-refractivity contribution in [3.8, 4) is 6.07 Å². The van der Waals surface area contributed by atoms with E-state index in [9.17, 15) is 0 Å². The maximum Gasteiger partial charge on any atom is 0.234 e. The molecule has 0 spiro atoms. The fraction of sp³-hybridized carbons (Fsp3) is 0.214. The fourth-order valence-electron chi connectivity index (χ4n) is 4.37. The molecule has 1 aliphatic heterocycles. The number of nitriles is 1. The first kappa shape index (κ1) is 28.6. The summed E-state index contributed by atoms with van der Waals surface area (Å²) in [6.45, 7) is 4.69. The minimum atomic E-state index is 0. The Morgan fingerprint density at radius 3 is 2.62 bits per heavy atom. The van der Waals surface area contributed by atoms with Gasteiger partial charge >= 0.3 is 0 Å². The van der Waals surface area contributed by atoms with Crippen LogP contribution in [0.2, 0.25) is 5.15 Å². The van der Waals surface area contributed by atoms with Gasteiger partial charge in [0.15, 0.2) is 0 Å². The van der Waals surface area contributed by atoms with Crippen molar-refractivity contribution in [2.24, 2.45) is 0 Å². The number of nitrogen functional groups attached to an aromatic ring is 1. The topological polar surface area (TPSA) is 120 Å². The van der Waals surface area contributed by atoms with Gasteiger partial charge in [0, 0.05) is 90.5 Å². The predicted molar refractivity (Wildman–Crippen MR) is 147 cm³/mol. The Kier molecular flexibility index (Phi) is 9.99. The van der Waals surface area contributed by atoms with Gasteiger partial charge in [0.2, 0.25) is 5.82 Å². The van der Waals surface area contributed by atoms with Crippen molar-refractivity contribution in [2.75, 3.05) is 29.0 Å². The minimum Gasteiger partial charge on any atom is -0.434 e. The molecule has 0 aliphatic carbocycles. The van der Waals surface area contributed by atoms with Crippen LogP contribution in [-0.2, 0) is 6.54 Å². The fourth-order valence-corrected chi connectivity index (χ4v) is 4.52. The van der Waals surface area contributed by atoms with Crippen molar-refractivity contribution in [3.63, 3.8) is 0 Å². The molecule has 197 valence electrons. The van der Waals surface area contributed by atoms with Crippen LogP contribution < -0.4 is 16.0 Å². The van der Waals surface area contributed by atoms with Gasteiger partial charge in [-0.05, 0) is 36.6 Å². The molecule has 4 aromatic rings. The van der Waals surface area contributed by atoms with Crippen LogP contribution in [0.1, 0.15) is 29.8 Å². The third-order valence-corrected chi connectivity index (χ3v) is 6.54. The molecule has 3 N–H and O–H groups in total. The molecule has 3 aromatic heterocycles. The second kappa shape index (κ2) is 13.6. The first-order valence-electron chi connectivity index (χ1n) is 12.3. The second-order valence-corrected chi connectivity index (χ2v) is 9.34. The molecular weight excluding hydrogens is 735 g/mol. The summed E-state index contributed by atoms with van der Waals surface area (Å²) in [5.41, 5.74) is 9.00. The van der Waals surface area contributed by atoms with Crippen molar-refractivity contribution in [1.29, 1.82) is 5.26 Å². The molecule has 39 heavy (non-hydrogen) atoms. The summed E-state index contributed by atoms with van der Waals surface area (Å²) in [6.07, 6.45) is 5.26. The van der Waals surface area contributed by atoms with Gasteiger partial charge in [-0.25, -0.2) is 22.1 Å². The molecule has 11 heteroatoms. The van der Waals surface area contributed by atoms with Crippen LogP contribution in [0.3, 0.4) is 0 Å². The summed E-state index contributed by atoms with van der Waals surface area (Å²) >= 11 is 6.18. The number of nitrogens with one attached hydrogen (secondary N) is 1. The van der Waals surface area contributed by atoms with E-state index in [1.54, 1.807) is 30.6 Å². The van der Waals surface area contributed by atoms with Crippen LogP contribution >= 0.6 is 11.6 Å². The van der Waals surface area contributed by atoms with Gasteiger partial charge in [0.05, 0.1) is 0 Å². The van der Waals surface area contributed by atoms with E-state index >= 15 is 0 Å². The minimum absolute atomic E-state index is 0. The molecule has 0 saturated carbocycles. The number of likely N-dealkylation sites (tertiary alicyclic amines) is 1. The third kappa shape index (κ3) is 7.60. The number of aromatic nitrogens is 4. The van der Waals surface area contributed by atoms with E-state index in [1.807, 2.05) is 29.6 Å². The molecule has 1 aromatic carbocycles. The SMILES string of the molecule is N#Cc1nccc(NC2CCN(Cc3ccc(N([CH-]c4cccnc4N)c4[c-]ccc(Cl)n4)cc3)CC2)n1.[Np]. The van der Waals surface area contributed by atoms with Crippen LogP contribution in [-0.4, -0.2) is 44.0 Å². The second-order valence-electron chi connectivity index (χ2n) is 8.95. The van der Waals surface area contributed by atoms with Crippen molar-refractivity contribution >= 4 is 34.7 Å². The van der Waals surface area contributed by atoms with Crippen LogP contribution in [0, 0.1) is 53.9 Å². The zero-order chi connectivity index (χ0) is 26.3. The normalized spacial score (nSPS) is 13.6. The number of nitrogens with zero attached hydrogens (tertiary/aromatic N) is 7. The van der Waals surface area contributed by atoms with Crippen molar-refractivity contribution in [2.45, 2.75) is 25.4 Å². The standard InChI is InChI=1S/C28H26ClN9.Np/c29-24-4-1-5-27(35-24)38(19-21-3-2-13-33-28(21)31)23-8-6-20(7-9-23)18-37-15-11-22(12-16-37)34-25-10-14-32-26(17-30)36-25;/h1-4,6-10,13-14,19,22H,11-12,15-16,18H2,(H2,31,33)(H,32,34,36);/q-2;. The van der Waals surface area contributed by atoms with Gasteiger partial charge in [-0.3, -0.25) is 9.88 Å². The van der Waals surface area contributed by atoms with Crippen LogP contribution in [0.4, 0.5) is 23.1 Å². The molecule has 1 radical (unpaired) electrons. The molecule has 4 heterocycles. The Balaban J connectivity index is 0.00000353. The number of anilines is 4. The van der Waals surface area contributed by atoms with Gasteiger partial charge in [0.25, 0.3) is 0 Å². The Bertz CT molecular complexity index is 1420. The average Bonchev–Trinajstić information content (AvgIpc) is 2.94. The van der Waals surface area contributed by atoms with E-state index in [0.717, 1.165) is 43.7 Å². The van der Waals surface area contributed by atoms with Crippen molar-refractivity contribution < 1.29 is 29.9 Å². The molecule has 0 amide bonds. The quantitative estimate of drug-likeness (QED) is 0.196. The Morgan fingerprint density at radius 1 is 1.10 bits per heavy atom. The summed E-state index contributed by atoms with van der Waals surface area (Å²) in [7, 11) is 0. The Morgan fingerprint density at radius 2 is 1.90 bits per heavy atom. The number of pyridine rings is 2. The summed E-state index contributed by atoms with van der Waals surface area (Å²) in [5.74, 6) is 1.87. The van der Waals surface area contributed by atoms with E-state index in [-0.39, 0.29) is 35.8 Å². The van der Waals surface area contributed by atoms with E-state index in [4.69, 9.17) is 22.6 Å². The van der Waals surface area contributed by atoms with Crippen LogP contribution in [0.5, 0.6) is 0 Å². The summed E-state index contributed by atoms with van der Waals surface area (Å²) < 4.78 is 0. The van der Waals surface area contributed by atoms with Gasteiger partial charge in [-0.15, -0.1) is 11.6 Å². The number of piperidine rings is 1. The summed E-state index contributed by atoms with van der Waals surface area (Å²) in [6, 6.07) is 22.8. The van der Waals surface area contributed by atoms with Gasteiger partial charge < -0.3 is 20.9 Å². The van der Waals surface area contributed by atoms with Crippen LogP contribution in [0.15, 0.2) is 67.0 Å². The maximum absolute atomic E-state index is 9.01. The predicted octanol–water partition coefficient (Wildman–Crippen LogP) is 4.60. The van der Waals surface area contributed by atoms with E-state index in [0.29, 0.717) is 28.6 Å². The van der Waals surface area contributed by atoms with Gasteiger partial charge in [0.1, 0.15) is 11.9 Å². The number of hydrogen-bond acceptors (Lipinski definition) is 9. The molecule has 9 nitrogen and oxygen atoms in total. The molecule has 0 bridgehead atoms. The Hall–Kier alpha value is -3.38.